The van der Waals surface area contributed by atoms with Crippen molar-refractivity contribution in [1.82, 2.24) is 14.7 Å². The van der Waals surface area contributed by atoms with Crippen LogP contribution in [0.5, 0.6) is 0 Å². The van der Waals surface area contributed by atoms with Crippen molar-refractivity contribution in [2.75, 3.05) is 13.1 Å². The number of rotatable bonds is 4. The number of imidazole rings is 1. The number of nitrogens with one attached hydrogen (secondary N) is 1. The molecule has 0 aromatic carbocycles. The monoisotopic (exact) mass is 221 g/mol. The molecule has 2 heterocycles. The summed E-state index contributed by atoms with van der Waals surface area (Å²) in [5.41, 5.74) is 2.28. The second kappa shape index (κ2) is 4.59. The minimum Gasteiger partial charge on any atom is -0.314 e. The quantitative estimate of drug-likeness (QED) is 0.803. The average Bonchev–Trinajstić information content (AvgIpc) is 2.75. The molecular weight excluding hydrogens is 206 g/mol. The summed E-state index contributed by atoms with van der Waals surface area (Å²) in [7, 11) is 0. The van der Waals surface area contributed by atoms with Crippen LogP contribution >= 0.6 is 11.3 Å². The summed E-state index contributed by atoms with van der Waals surface area (Å²) in [6.07, 6.45) is 6.33. The minimum atomic E-state index is 0.910. The van der Waals surface area contributed by atoms with Crippen molar-refractivity contribution >= 4 is 22.4 Å². The Kier molecular flexibility index (Phi) is 3.18. The zero-order valence-electron chi connectivity index (χ0n) is 9.03. The van der Waals surface area contributed by atoms with Crippen molar-refractivity contribution in [3.63, 3.8) is 0 Å². The molecule has 0 saturated carbocycles. The number of likely N-dealkylation sites (N-methyl/N-ethyl adjacent to an activating group) is 1. The number of hydrogen-bond acceptors (Lipinski definition) is 3. The Labute approximate surface area is 93.5 Å². The van der Waals surface area contributed by atoms with Gasteiger partial charge in [0.15, 0.2) is 4.96 Å². The second-order valence-corrected chi connectivity index (χ2v) is 4.22. The highest BCUT2D eigenvalue weighted by Gasteiger charge is 2.05. The number of aromatic nitrogens is 2. The fourth-order valence-corrected chi connectivity index (χ4v) is 2.28. The van der Waals surface area contributed by atoms with Gasteiger partial charge < -0.3 is 5.32 Å². The van der Waals surface area contributed by atoms with Crippen molar-refractivity contribution in [2.24, 2.45) is 0 Å². The molecule has 0 aliphatic carbocycles. The van der Waals surface area contributed by atoms with Crippen LogP contribution in [0, 0.1) is 6.92 Å². The molecule has 0 atom stereocenters. The summed E-state index contributed by atoms with van der Waals surface area (Å²) in [5.74, 6) is 0. The highest BCUT2D eigenvalue weighted by atomic mass is 32.1. The lowest BCUT2D eigenvalue weighted by atomic mass is 10.3. The van der Waals surface area contributed by atoms with E-state index in [0.29, 0.717) is 0 Å². The molecule has 2 rings (SSSR count). The first-order valence-corrected chi connectivity index (χ1v) is 6.00. The Morgan fingerprint density at radius 1 is 1.60 bits per heavy atom. The molecule has 0 aliphatic heterocycles. The van der Waals surface area contributed by atoms with Crippen molar-refractivity contribution in [1.29, 1.82) is 0 Å². The SMILES string of the molecule is CCNCC=Cc1c(C)nc2sccn12. The maximum atomic E-state index is 4.48. The smallest absolute Gasteiger partial charge is 0.194 e. The molecule has 0 saturated heterocycles. The molecule has 0 unspecified atom stereocenters. The van der Waals surface area contributed by atoms with E-state index in [9.17, 15) is 0 Å². The fraction of sp³-hybridized carbons (Fsp3) is 0.364. The van der Waals surface area contributed by atoms with Gasteiger partial charge in [0.25, 0.3) is 0 Å². The maximum absolute atomic E-state index is 4.48. The summed E-state index contributed by atoms with van der Waals surface area (Å²) in [6, 6.07) is 0. The highest BCUT2D eigenvalue weighted by molar-refractivity contribution is 7.15. The predicted molar refractivity (Wildman–Crippen MR) is 65.4 cm³/mol. The summed E-state index contributed by atoms with van der Waals surface area (Å²) >= 11 is 1.67. The van der Waals surface area contributed by atoms with Gasteiger partial charge in [-0.05, 0) is 19.5 Å². The molecule has 0 spiro atoms. The minimum absolute atomic E-state index is 0.910. The van der Waals surface area contributed by atoms with Gasteiger partial charge in [-0.2, -0.15) is 0 Å². The number of aryl methyl sites for hydroxylation is 1. The average molecular weight is 221 g/mol. The molecule has 0 radical (unpaired) electrons. The van der Waals surface area contributed by atoms with Gasteiger partial charge in [-0.1, -0.05) is 13.0 Å². The van der Waals surface area contributed by atoms with Crippen LogP contribution < -0.4 is 5.32 Å². The first-order valence-electron chi connectivity index (χ1n) is 5.12. The first kappa shape index (κ1) is 10.4. The Hall–Kier alpha value is -1.13. The topological polar surface area (TPSA) is 29.3 Å². The van der Waals surface area contributed by atoms with Crippen LogP contribution in [0.2, 0.25) is 0 Å². The van der Waals surface area contributed by atoms with E-state index in [1.807, 2.05) is 6.92 Å². The molecule has 4 heteroatoms. The summed E-state index contributed by atoms with van der Waals surface area (Å²) in [6.45, 7) is 6.07. The molecule has 1 N–H and O–H groups in total. The summed E-state index contributed by atoms with van der Waals surface area (Å²) < 4.78 is 2.13. The second-order valence-electron chi connectivity index (χ2n) is 3.35. The third kappa shape index (κ3) is 2.11. The Bertz CT molecular complexity index is 467. The van der Waals surface area contributed by atoms with Gasteiger partial charge in [0.05, 0.1) is 11.4 Å². The summed E-state index contributed by atoms with van der Waals surface area (Å²) in [5, 5.41) is 5.32. The van der Waals surface area contributed by atoms with Crippen molar-refractivity contribution in [2.45, 2.75) is 13.8 Å². The van der Waals surface area contributed by atoms with Gasteiger partial charge >= 0.3 is 0 Å². The molecule has 0 bridgehead atoms. The lowest BCUT2D eigenvalue weighted by Gasteiger charge is -1.94. The zero-order chi connectivity index (χ0) is 10.7. The highest BCUT2D eigenvalue weighted by Crippen LogP contribution is 2.17. The number of hydrogen-bond donors (Lipinski definition) is 1. The van der Waals surface area contributed by atoms with Gasteiger partial charge in [0, 0.05) is 18.1 Å². The standard InChI is InChI=1S/C11H15N3S/c1-3-12-6-4-5-10-9(2)13-11-14(10)7-8-15-11/h4-5,7-8,12H,3,6H2,1-2H3. The predicted octanol–water partition coefficient (Wildman–Crippen LogP) is 2.33. The van der Waals surface area contributed by atoms with Crippen molar-refractivity contribution < 1.29 is 0 Å². The molecule has 0 fully saturated rings. The Morgan fingerprint density at radius 3 is 3.27 bits per heavy atom. The van der Waals surface area contributed by atoms with Crippen molar-refractivity contribution in [3.8, 4) is 0 Å². The van der Waals surface area contributed by atoms with Gasteiger partial charge in [-0.25, -0.2) is 4.98 Å². The molecule has 3 nitrogen and oxygen atoms in total. The van der Waals surface area contributed by atoms with E-state index in [1.165, 1.54) is 5.69 Å². The normalized spacial score (nSPS) is 11.9. The third-order valence-corrected chi connectivity index (χ3v) is 3.03. The third-order valence-electron chi connectivity index (χ3n) is 2.27. The van der Waals surface area contributed by atoms with Crippen LogP contribution in [0.4, 0.5) is 0 Å². The Balaban J connectivity index is 2.22. The van der Waals surface area contributed by atoms with Crippen LogP contribution in [0.1, 0.15) is 18.3 Å². The van der Waals surface area contributed by atoms with Crippen LogP contribution in [-0.4, -0.2) is 22.5 Å². The largest absolute Gasteiger partial charge is 0.314 e. The van der Waals surface area contributed by atoms with Crippen LogP contribution in [-0.2, 0) is 0 Å². The number of thiazole rings is 1. The molecule has 2 aromatic heterocycles. The molecular formula is C11H15N3S. The summed E-state index contributed by atoms with van der Waals surface area (Å²) in [4.78, 5) is 5.55. The van der Waals surface area contributed by atoms with Gasteiger partial charge in [-0.3, -0.25) is 4.40 Å². The molecule has 15 heavy (non-hydrogen) atoms. The molecule has 0 aliphatic rings. The van der Waals surface area contributed by atoms with Crippen LogP contribution in [0.3, 0.4) is 0 Å². The van der Waals surface area contributed by atoms with Crippen LogP contribution in [0.15, 0.2) is 17.7 Å². The van der Waals surface area contributed by atoms with E-state index in [-0.39, 0.29) is 0 Å². The maximum Gasteiger partial charge on any atom is 0.194 e. The number of nitrogens with zero attached hydrogens (tertiary/aromatic N) is 2. The molecule has 2 aromatic rings. The van der Waals surface area contributed by atoms with Gasteiger partial charge in [0.2, 0.25) is 0 Å². The molecule has 80 valence electrons. The van der Waals surface area contributed by atoms with Gasteiger partial charge in [-0.15, -0.1) is 11.3 Å². The zero-order valence-corrected chi connectivity index (χ0v) is 9.84. The first-order chi connectivity index (χ1) is 7.33. The van der Waals surface area contributed by atoms with E-state index in [1.54, 1.807) is 11.3 Å². The van der Waals surface area contributed by atoms with E-state index in [0.717, 1.165) is 23.7 Å². The lowest BCUT2D eigenvalue weighted by Crippen LogP contribution is -2.11. The molecule has 0 amide bonds. The van der Waals surface area contributed by atoms with E-state index >= 15 is 0 Å². The Morgan fingerprint density at radius 2 is 2.47 bits per heavy atom. The van der Waals surface area contributed by atoms with E-state index < -0.39 is 0 Å². The van der Waals surface area contributed by atoms with E-state index in [4.69, 9.17) is 0 Å². The van der Waals surface area contributed by atoms with Gasteiger partial charge in [0.1, 0.15) is 0 Å². The van der Waals surface area contributed by atoms with E-state index in [2.05, 4.69) is 45.4 Å². The lowest BCUT2D eigenvalue weighted by molar-refractivity contribution is 0.801. The number of fused-ring (bicyclic) bond motifs is 1. The van der Waals surface area contributed by atoms with Crippen LogP contribution in [0.25, 0.3) is 11.0 Å². The van der Waals surface area contributed by atoms with Crippen molar-refractivity contribution in [3.05, 3.63) is 29.0 Å². The fourth-order valence-electron chi connectivity index (χ4n) is 1.51.